The van der Waals surface area contributed by atoms with E-state index >= 15 is 0 Å². The minimum atomic E-state index is -0.0351. The van der Waals surface area contributed by atoms with E-state index in [1.165, 1.54) is 5.56 Å². The molecule has 1 heterocycles. The van der Waals surface area contributed by atoms with Gasteiger partial charge in [-0.25, -0.2) is 4.98 Å². The monoisotopic (exact) mass is 231 g/mol. The van der Waals surface area contributed by atoms with Gasteiger partial charge in [-0.15, -0.1) is 0 Å². The Balaban J connectivity index is 1.89. The van der Waals surface area contributed by atoms with Crippen molar-refractivity contribution in [2.45, 2.75) is 18.9 Å². The molecule has 0 aliphatic rings. The molecule has 4 heteroatoms. The topological polar surface area (TPSA) is 63.9 Å². The first kappa shape index (κ1) is 11.7. The number of aryl methyl sites for hydroxylation is 1. The first-order chi connectivity index (χ1) is 8.29. The molecular formula is C13H17N3O. The molecule has 1 unspecified atom stereocenters. The molecule has 4 nitrogen and oxygen atoms in total. The van der Waals surface area contributed by atoms with Crippen LogP contribution in [0.1, 0.15) is 23.9 Å². The standard InChI is InChI=1S/C13H17N3O/c1-17-11-5-2-10(3-6-11)4-7-12(14)13-15-8-9-16-13/h2-3,5-6,8-9,12H,4,7,14H2,1H3,(H,15,16). The minimum absolute atomic E-state index is 0.0351. The zero-order valence-corrected chi connectivity index (χ0v) is 9.89. The van der Waals surface area contributed by atoms with Crippen LogP contribution >= 0.6 is 0 Å². The van der Waals surface area contributed by atoms with Crippen LogP contribution in [0.3, 0.4) is 0 Å². The Hall–Kier alpha value is -1.81. The predicted octanol–water partition coefficient (Wildman–Crippen LogP) is 2.05. The summed E-state index contributed by atoms with van der Waals surface area (Å²) in [5.74, 6) is 1.72. The van der Waals surface area contributed by atoms with E-state index < -0.39 is 0 Å². The van der Waals surface area contributed by atoms with Crippen LogP contribution < -0.4 is 10.5 Å². The second-order valence-electron chi connectivity index (χ2n) is 3.97. The van der Waals surface area contributed by atoms with Crippen molar-refractivity contribution in [3.05, 3.63) is 48.0 Å². The van der Waals surface area contributed by atoms with Crippen LogP contribution in [-0.4, -0.2) is 17.1 Å². The Kier molecular flexibility index (Phi) is 3.77. The summed E-state index contributed by atoms with van der Waals surface area (Å²) in [6.45, 7) is 0. The summed E-state index contributed by atoms with van der Waals surface area (Å²) in [4.78, 5) is 7.19. The van der Waals surface area contributed by atoms with Gasteiger partial charge in [0.25, 0.3) is 0 Å². The summed E-state index contributed by atoms with van der Waals surface area (Å²) in [6.07, 6.45) is 5.33. The van der Waals surface area contributed by atoms with Gasteiger partial charge in [-0.05, 0) is 30.5 Å². The molecule has 0 saturated carbocycles. The van der Waals surface area contributed by atoms with E-state index in [-0.39, 0.29) is 6.04 Å². The van der Waals surface area contributed by atoms with Gasteiger partial charge in [0.15, 0.2) is 0 Å². The van der Waals surface area contributed by atoms with Crippen molar-refractivity contribution in [3.63, 3.8) is 0 Å². The lowest BCUT2D eigenvalue weighted by Gasteiger charge is -2.09. The van der Waals surface area contributed by atoms with Crippen LogP contribution in [-0.2, 0) is 6.42 Å². The fourth-order valence-corrected chi connectivity index (χ4v) is 1.73. The molecule has 1 atom stereocenters. The number of ether oxygens (including phenoxy) is 1. The smallest absolute Gasteiger partial charge is 0.123 e. The third-order valence-electron chi connectivity index (χ3n) is 2.77. The molecule has 0 saturated heterocycles. The highest BCUT2D eigenvalue weighted by atomic mass is 16.5. The van der Waals surface area contributed by atoms with E-state index in [0.717, 1.165) is 24.4 Å². The van der Waals surface area contributed by atoms with Crippen molar-refractivity contribution in [2.24, 2.45) is 5.73 Å². The quantitative estimate of drug-likeness (QED) is 0.827. The van der Waals surface area contributed by atoms with Gasteiger partial charge in [-0.1, -0.05) is 12.1 Å². The lowest BCUT2D eigenvalue weighted by molar-refractivity contribution is 0.414. The molecule has 0 amide bonds. The molecule has 0 fully saturated rings. The largest absolute Gasteiger partial charge is 0.497 e. The molecule has 0 spiro atoms. The molecule has 2 aromatic rings. The van der Waals surface area contributed by atoms with E-state index in [2.05, 4.69) is 22.1 Å². The van der Waals surface area contributed by atoms with Gasteiger partial charge < -0.3 is 15.5 Å². The highest BCUT2D eigenvalue weighted by Gasteiger charge is 2.07. The molecule has 0 bridgehead atoms. The molecular weight excluding hydrogens is 214 g/mol. The lowest BCUT2D eigenvalue weighted by atomic mass is 10.1. The van der Waals surface area contributed by atoms with Crippen molar-refractivity contribution in [1.82, 2.24) is 9.97 Å². The fourth-order valence-electron chi connectivity index (χ4n) is 1.73. The summed E-state index contributed by atoms with van der Waals surface area (Å²) in [5.41, 5.74) is 7.28. The number of H-pyrrole nitrogens is 1. The van der Waals surface area contributed by atoms with Gasteiger partial charge in [0.1, 0.15) is 11.6 Å². The second-order valence-corrected chi connectivity index (χ2v) is 3.97. The van der Waals surface area contributed by atoms with Crippen LogP contribution in [0.4, 0.5) is 0 Å². The summed E-state index contributed by atoms with van der Waals surface area (Å²) in [7, 11) is 1.67. The molecule has 0 aliphatic carbocycles. The van der Waals surface area contributed by atoms with Crippen LogP contribution in [0.25, 0.3) is 0 Å². The zero-order valence-electron chi connectivity index (χ0n) is 9.89. The number of rotatable bonds is 5. The third kappa shape index (κ3) is 3.07. The SMILES string of the molecule is COc1ccc(CCC(N)c2ncc[nH]2)cc1. The number of imidazole rings is 1. The van der Waals surface area contributed by atoms with E-state index in [9.17, 15) is 0 Å². The number of aromatic nitrogens is 2. The van der Waals surface area contributed by atoms with E-state index in [1.807, 2.05) is 12.1 Å². The molecule has 0 radical (unpaired) electrons. The number of hydrogen-bond donors (Lipinski definition) is 2. The van der Waals surface area contributed by atoms with Crippen molar-refractivity contribution < 1.29 is 4.74 Å². The van der Waals surface area contributed by atoms with Crippen molar-refractivity contribution in [2.75, 3.05) is 7.11 Å². The highest BCUT2D eigenvalue weighted by Crippen LogP contribution is 2.16. The number of nitrogens with one attached hydrogen (secondary N) is 1. The number of benzene rings is 1. The fraction of sp³-hybridized carbons (Fsp3) is 0.308. The maximum Gasteiger partial charge on any atom is 0.123 e. The molecule has 1 aromatic carbocycles. The van der Waals surface area contributed by atoms with Gasteiger partial charge in [0, 0.05) is 12.4 Å². The van der Waals surface area contributed by atoms with Gasteiger partial charge >= 0.3 is 0 Å². The van der Waals surface area contributed by atoms with Gasteiger partial charge in [-0.3, -0.25) is 0 Å². The molecule has 2 rings (SSSR count). The average molecular weight is 231 g/mol. The Morgan fingerprint density at radius 2 is 2.12 bits per heavy atom. The normalized spacial score (nSPS) is 12.4. The first-order valence-corrected chi connectivity index (χ1v) is 5.67. The van der Waals surface area contributed by atoms with E-state index in [4.69, 9.17) is 10.5 Å². The zero-order chi connectivity index (χ0) is 12.1. The Bertz CT molecular complexity index is 436. The Morgan fingerprint density at radius 1 is 1.35 bits per heavy atom. The third-order valence-corrected chi connectivity index (χ3v) is 2.77. The molecule has 17 heavy (non-hydrogen) atoms. The number of methoxy groups -OCH3 is 1. The maximum atomic E-state index is 6.02. The van der Waals surface area contributed by atoms with Crippen LogP contribution in [0.5, 0.6) is 5.75 Å². The Morgan fingerprint density at radius 3 is 2.71 bits per heavy atom. The second kappa shape index (κ2) is 5.50. The average Bonchev–Trinajstić information content (AvgIpc) is 2.90. The van der Waals surface area contributed by atoms with Gasteiger partial charge in [0.05, 0.1) is 13.2 Å². The summed E-state index contributed by atoms with van der Waals surface area (Å²) >= 11 is 0. The van der Waals surface area contributed by atoms with Gasteiger partial charge in [-0.2, -0.15) is 0 Å². The lowest BCUT2D eigenvalue weighted by Crippen LogP contribution is -2.12. The number of hydrogen-bond acceptors (Lipinski definition) is 3. The predicted molar refractivity (Wildman–Crippen MR) is 66.8 cm³/mol. The van der Waals surface area contributed by atoms with Crippen molar-refractivity contribution in [3.8, 4) is 5.75 Å². The minimum Gasteiger partial charge on any atom is -0.497 e. The van der Waals surface area contributed by atoms with Crippen molar-refractivity contribution >= 4 is 0 Å². The molecule has 1 aromatic heterocycles. The van der Waals surface area contributed by atoms with Crippen LogP contribution in [0.15, 0.2) is 36.7 Å². The summed E-state index contributed by atoms with van der Waals surface area (Å²) < 4.78 is 5.11. The van der Waals surface area contributed by atoms with Crippen molar-refractivity contribution in [1.29, 1.82) is 0 Å². The van der Waals surface area contributed by atoms with E-state index in [1.54, 1.807) is 19.5 Å². The van der Waals surface area contributed by atoms with Crippen LogP contribution in [0.2, 0.25) is 0 Å². The summed E-state index contributed by atoms with van der Waals surface area (Å²) in [6, 6.07) is 8.02. The van der Waals surface area contributed by atoms with Crippen LogP contribution in [0, 0.1) is 0 Å². The van der Waals surface area contributed by atoms with E-state index in [0.29, 0.717) is 0 Å². The molecule has 90 valence electrons. The summed E-state index contributed by atoms with van der Waals surface area (Å²) in [5, 5.41) is 0. The number of aromatic amines is 1. The number of nitrogens with zero attached hydrogens (tertiary/aromatic N) is 1. The first-order valence-electron chi connectivity index (χ1n) is 5.67. The number of nitrogens with two attached hydrogens (primary N) is 1. The molecule has 3 N–H and O–H groups in total. The molecule has 0 aliphatic heterocycles. The Labute approximate surface area is 101 Å². The highest BCUT2D eigenvalue weighted by molar-refractivity contribution is 5.27. The maximum absolute atomic E-state index is 6.02. The van der Waals surface area contributed by atoms with Gasteiger partial charge in [0.2, 0.25) is 0 Å².